The molecule has 70 valence electrons. The SMILES string of the molecule is Cc1nccnc1-c1ccc(C=O)s1. The Hall–Kier alpha value is -1.55. The summed E-state index contributed by atoms with van der Waals surface area (Å²) >= 11 is 1.43. The highest BCUT2D eigenvalue weighted by atomic mass is 32.1. The molecule has 0 N–H and O–H groups in total. The molecule has 0 aliphatic carbocycles. The maximum Gasteiger partial charge on any atom is 0.160 e. The summed E-state index contributed by atoms with van der Waals surface area (Å²) in [4.78, 5) is 20.6. The fourth-order valence-electron chi connectivity index (χ4n) is 1.19. The molecule has 0 aromatic carbocycles. The van der Waals surface area contributed by atoms with Gasteiger partial charge in [-0.15, -0.1) is 11.3 Å². The van der Waals surface area contributed by atoms with Crippen molar-refractivity contribution < 1.29 is 4.79 Å². The molecule has 0 bridgehead atoms. The lowest BCUT2D eigenvalue weighted by atomic mass is 10.3. The Balaban J connectivity index is 2.49. The minimum absolute atomic E-state index is 0.713. The maximum atomic E-state index is 10.5. The van der Waals surface area contributed by atoms with E-state index in [9.17, 15) is 4.79 Å². The standard InChI is InChI=1S/C10H8N2OS/c1-7-10(12-5-4-11-7)9-3-2-8(6-13)14-9/h2-6H,1H3. The third-order valence-electron chi connectivity index (χ3n) is 1.86. The first kappa shape index (κ1) is 9.02. The van der Waals surface area contributed by atoms with E-state index in [0.29, 0.717) is 4.88 Å². The summed E-state index contributed by atoms with van der Waals surface area (Å²) in [5.74, 6) is 0. The van der Waals surface area contributed by atoms with Gasteiger partial charge in [-0.3, -0.25) is 14.8 Å². The van der Waals surface area contributed by atoms with Crippen LogP contribution in [0.4, 0.5) is 0 Å². The van der Waals surface area contributed by atoms with Gasteiger partial charge < -0.3 is 0 Å². The Morgan fingerprint density at radius 3 is 2.71 bits per heavy atom. The van der Waals surface area contributed by atoms with Crippen LogP contribution >= 0.6 is 11.3 Å². The van der Waals surface area contributed by atoms with Crippen LogP contribution in [0.15, 0.2) is 24.5 Å². The fourth-order valence-corrected chi connectivity index (χ4v) is 2.06. The summed E-state index contributed by atoms with van der Waals surface area (Å²) in [7, 11) is 0. The van der Waals surface area contributed by atoms with Crippen molar-refractivity contribution in [3.8, 4) is 10.6 Å². The quantitative estimate of drug-likeness (QED) is 0.705. The predicted octanol–water partition coefficient (Wildman–Crippen LogP) is 2.33. The number of thiophene rings is 1. The zero-order chi connectivity index (χ0) is 9.97. The van der Waals surface area contributed by atoms with Crippen LogP contribution in [0.1, 0.15) is 15.4 Å². The van der Waals surface area contributed by atoms with Crippen molar-refractivity contribution in [1.82, 2.24) is 9.97 Å². The molecule has 0 spiro atoms. The molecule has 3 nitrogen and oxygen atoms in total. The van der Waals surface area contributed by atoms with Crippen LogP contribution in [0.5, 0.6) is 0 Å². The van der Waals surface area contributed by atoms with E-state index in [0.717, 1.165) is 22.6 Å². The van der Waals surface area contributed by atoms with Crippen LogP contribution in [-0.4, -0.2) is 16.3 Å². The minimum atomic E-state index is 0.713. The summed E-state index contributed by atoms with van der Waals surface area (Å²) in [6.07, 6.45) is 4.16. The first-order valence-corrected chi connectivity index (χ1v) is 4.96. The Kier molecular flexibility index (Phi) is 2.37. The number of aldehydes is 1. The van der Waals surface area contributed by atoms with Crippen molar-refractivity contribution in [3.63, 3.8) is 0 Å². The van der Waals surface area contributed by atoms with Gasteiger partial charge in [-0.2, -0.15) is 0 Å². The largest absolute Gasteiger partial charge is 0.297 e. The molecule has 2 heterocycles. The van der Waals surface area contributed by atoms with Crippen LogP contribution in [-0.2, 0) is 0 Å². The molecule has 14 heavy (non-hydrogen) atoms. The smallest absolute Gasteiger partial charge is 0.160 e. The number of hydrogen-bond acceptors (Lipinski definition) is 4. The van der Waals surface area contributed by atoms with Crippen molar-refractivity contribution in [2.75, 3.05) is 0 Å². The normalized spacial score (nSPS) is 10.1. The average molecular weight is 204 g/mol. The van der Waals surface area contributed by atoms with Gasteiger partial charge in [-0.1, -0.05) is 0 Å². The molecular formula is C10H8N2OS. The minimum Gasteiger partial charge on any atom is -0.297 e. The summed E-state index contributed by atoms with van der Waals surface area (Å²) in [6, 6.07) is 3.69. The Bertz CT molecular complexity index is 465. The van der Waals surface area contributed by atoms with Gasteiger partial charge in [0.1, 0.15) is 5.69 Å². The number of hydrogen-bond donors (Lipinski definition) is 0. The number of carbonyl (C=O) groups is 1. The lowest BCUT2D eigenvalue weighted by molar-refractivity contribution is 0.112. The Morgan fingerprint density at radius 2 is 2.07 bits per heavy atom. The number of carbonyl (C=O) groups excluding carboxylic acids is 1. The van der Waals surface area contributed by atoms with E-state index >= 15 is 0 Å². The van der Waals surface area contributed by atoms with Gasteiger partial charge in [0.25, 0.3) is 0 Å². The molecule has 0 aliphatic rings. The second-order valence-electron chi connectivity index (χ2n) is 2.81. The van der Waals surface area contributed by atoms with Gasteiger partial charge in [0.05, 0.1) is 15.4 Å². The highest BCUT2D eigenvalue weighted by Crippen LogP contribution is 2.26. The van der Waals surface area contributed by atoms with E-state index in [1.165, 1.54) is 11.3 Å². The van der Waals surface area contributed by atoms with Crippen LogP contribution in [0.2, 0.25) is 0 Å². The van der Waals surface area contributed by atoms with E-state index in [2.05, 4.69) is 9.97 Å². The van der Waals surface area contributed by atoms with E-state index in [1.54, 1.807) is 18.5 Å². The average Bonchev–Trinajstić information content (AvgIpc) is 2.67. The lowest BCUT2D eigenvalue weighted by Gasteiger charge is -1.98. The van der Waals surface area contributed by atoms with Gasteiger partial charge in [-0.25, -0.2) is 0 Å². The number of rotatable bonds is 2. The summed E-state index contributed by atoms with van der Waals surface area (Å²) < 4.78 is 0. The number of aryl methyl sites for hydroxylation is 1. The van der Waals surface area contributed by atoms with Gasteiger partial charge in [0.2, 0.25) is 0 Å². The predicted molar refractivity (Wildman–Crippen MR) is 55.5 cm³/mol. The molecule has 0 radical (unpaired) electrons. The van der Waals surface area contributed by atoms with Gasteiger partial charge >= 0.3 is 0 Å². The molecular weight excluding hydrogens is 196 g/mol. The molecule has 2 aromatic rings. The van der Waals surface area contributed by atoms with E-state index in [1.807, 2.05) is 13.0 Å². The fraction of sp³-hybridized carbons (Fsp3) is 0.100. The van der Waals surface area contributed by atoms with Crippen LogP contribution in [0.3, 0.4) is 0 Å². The van der Waals surface area contributed by atoms with Crippen molar-refractivity contribution in [2.24, 2.45) is 0 Å². The first-order chi connectivity index (χ1) is 6.81. The first-order valence-electron chi connectivity index (χ1n) is 4.14. The van der Waals surface area contributed by atoms with Gasteiger partial charge in [0, 0.05) is 12.4 Å². The molecule has 0 saturated carbocycles. The molecule has 0 saturated heterocycles. The molecule has 0 amide bonds. The summed E-state index contributed by atoms with van der Waals surface area (Å²) in [5, 5.41) is 0. The molecule has 4 heteroatoms. The number of nitrogens with zero attached hydrogens (tertiary/aromatic N) is 2. The number of aromatic nitrogens is 2. The molecule has 2 rings (SSSR count). The topological polar surface area (TPSA) is 42.9 Å². The Morgan fingerprint density at radius 1 is 1.29 bits per heavy atom. The van der Waals surface area contributed by atoms with E-state index in [4.69, 9.17) is 0 Å². The molecule has 0 aliphatic heterocycles. The monoisotopic (exact) mass is 204 g/mol. The van der Waals surface area contributed by atoms with Gasteiger partial charge in [0.15, 0.2) is 6.29 Å². The summed E-state index contributed by atoms with van der Waals surface area (Å²) in [6.45, 7) is 1.91. The maximum absolute atomic E-state index is 10.5. The van der Waals surface area contributed by atoms with Gasteiger partial charge in [-0.05, 0) is 19.1 Å². The van der Waals surface area contributed by atoms with Crippen molar-refractivity contribution in [3.05, 3.63) is 35.1 Å². The van der Waals surface area contributed by atoms with Crippen LogP contribution in [0, 0.1) is 6.92 Å². The Labute approximate surface area is 85.5 Å². The lowest BCUT2D eigenvalue weighted by Crippen LogP contribution is -1.87. The molecule has 2 aromatic heterocycles. The highest BCUT2D eigenvalue weighted by molar-refractivity contribution is 7.17. The second kappa shape index (κ2) is 3.67. The van der Waals surface area contributed by atoms with Crippen LogP contribution < -0.4 is 0 Å². The molecule has 0 atom stereocenters. The molecule has 0 unspecified atom stereocenters. The zero-order valence-electron chi connectivity index (χ0n) is 7.60. The van der Waals surface area contributed by atoms with Crippen LogP contribution in [0.25, 0.3) is 10.6 Å². The third kappa shape index (κ3) is 1.56. The van der Waals surface area contributed by atoms with Crippen molar-refractivity contribution >= 4 is 17.6 Å². The second-order valence-corrected chi connectivity index (χ2v) is 3.93. The van der Waals surface area contributed by atoms with Crippen molar-refractivity contribution in [2.45, 2.75) is 6.92 Å². The third-order valence-corrected chi connectivity index (χ3v) is 2.87. The summed E-state index contributed by atoms with van der Waals surface area (Å²) in [5.41, 5.74) is 1.73. The highest BCUT2D eigenvalue weighted by Gasteiger charge is 2.06. The van der Waals surface area contributed by atoms with Crippen molar-refractivity contribution in [1.29, 1.82) is 0 Å². The zero-order valence-corrected chi connectivity index (χ0v) is 8.41. The van der Waals surface area contributed by atoms with E-state index in [-0.39, 0.29) is 0 Å². The molecule has 0 fully saturated rings. The van der Waals surface area contributed by atoms with E-state index < -0.39 is 0 Å².